The zero-order chi connectivity index (χ0) is 19.1. The number of fused-ring (bicyclic) bond motifs is 1. The van der Waals surface area contributed by atoms with E-state index in [9.17, 15) is 13.2 Å². The van der Waals surface area contributed by atoms with Crippen molar-refractivity contribution in [3.8, 4) is 5.75 Å². The lowest BCUT2D eigenvalue weighted by atomic mass is 9.87. The molecule has 26 heavy (non-hydrogen) atoms. The monoisotopic (exact) mass is 372 g/mol. The number of aryl methyl sites for hydroxylation is 1. The summed E-state index contributed by atoms with van der Waals surface area (Å²) in [5.74, 6) is 0.0890. The van der Waals surface area contributed by atoms with Crippen molar-refractivity contribution in [1.82, 2.24) is 0 Å². The highest BCUT2D eigenvalue weighted by Gasteiger charge is 2.19. The first-order valence-electron chi connectivity index (χ1n) is 8.16. The lowest BCUT2D eigenvalue weighted by molar-refractivity contribution is 0.484. The molecule has 0 saturated heterocycles. The van der Waals surface area contributed by atoms with Crippen LogP contribution in [0, 0.1) is 6.92 Å². The fraction of sp³-hybridized carbons (Fsp3) is 0.250. The molecule has 0 radical (unpaired) electrons. The molecule has 1 heterocycles. The molecule has 0 aliphatic rings. The minimum atomic E-state index is -3.98. The summed E-state index contributed by atoms with van der Waals surface area (Å²) >= 11 is 0. The van der Waals surface area contributed by atoms with Crippen LogP contribution in [0.3, 0.4) is 0 Å². The van der Waals surface area contributed by atoms with Gasteiger partial charge in [0.25, 0.3) is 0 Å². The van der Waals surface area contributed by atoms with E-state index < -0.39 is 15.7 Å². The predicted molar refractivity (Wildman–Crippen MR) is 100 cm³/mol. The van der Waals surface area contributed by atoms with Crippen LogP contribution in [-0.2, 0) is 15.5 Å². The Balaban J connectivity index is 1.94. The van der Waals surface area contributed by atoms with Crippen LogP contribution in [0.25, 0.3) is 11.0 Å². The fourth-order valence-electron chi connectivity index (χ4n) is 2.65. The molecule has 0 spiro atoms. The largest absolute Gasteiger partial charge is 0.423 e. The van der Waals surface area contributed by atoms with Gasteiger partial charge in [-0.05, 0) is 47.7 Å². The molecule has 0 atom stereocenters. The molecule has 0 aliphatic heterocycles. The quantitative estimate of drug-likeness (QED) is 0.510. The number of hydrogen-bond acceptors (Lipinski definition) is 5. The molecule has 1 aromatic heterocycles. The maximum Gasteiger partial charge on any atom is 0.339 e. The highest BCUT2D eigenvalue weighted by atomic mass is 32.2. The average molecular weight is 372 g/mol. The molecule has 0 fully saturated rings. The van der Waals surface area contributed by atoms with Gasteiger partial charge < -0.3 is 8.60 Å². The molecule has 0 bridgehead atoms. The summed E-state index contributed by atoms with van der Waals surface area (Å²) in [7, 11) is -3.98. The van der Waals surface area contributed by atoms with E-state index in [-0.39, 0.29) is 21.6 Å². The van der Waals surface area contributed by atoms with Gasteiger partial charge in [-0.2, -0.15) is 8.42 Å². The Morgan fingerprint density at radius 2 is 1.62 bits per heavy atom. The maximum atomic E-state index is 12.5. The van der Waals surface area contributed by atoms with E-state index >= 15 is 0 Å². The number of hydrogen-bond donors (Lipinski definition) is 0. The Kier molecular flexibility index (Phi) is 4.40. The lowest BCUT2D eigenvalue weighted by Gasteiger charge is -2.19. The second-order valence-corrected chi connectivity index (χ2v) is 8.76. The van der Waals surface area contributed by atoms with E-state index in [1.54, 1.807) is 25.1 Å². The van der Waals surface area contributed by atoms with Gasteiger partial charge in [0.15, 0.2) is 0 Å². The van der Waals surface area contributed by atoms with E-state index in [1.807, 2.05) is 0 Å². The van der Waals surface area contributed by atoms with E-state index in [0.717, 1.165) is 16.5 Å². The zero-order valence-electron chi connectivity index (χ0n) is 15.1. The van der Waals surface area contributed by atoms with E-state index in [4.69, 9.17) is 8.60 Å². The van der Waals surface area contributed by atoms with Crippen molar-refractivity contribution in [2.75, 3.05) is 0 Å². The van der Waals surface area contributed by atoms with E-state index in [2.05, 4.69) is 20.8 Å². The second kappa shape index (κ2) is 6.29. The van der Waals surface area contributed by atoms with Gasteiger partial charge in [-0.15, -0.1) is 0 Å². The van der Waals surface area contributed by atoms with Gasteiger partial charge in [-0.3, -0.25) is 0 Å². The van der Waals surface area contributed by atoms with Crippen molar-refractivity contribution in [1.29, 1.82) is 0 Å². The summed E-state index contributed by atoms with van der Waals surface area (Å²) in [5.41, 5.74) is 1.50. The molecule has 0 saturated carbocycles. The van der Waals surface area contributed by atoms with Crippen LogP contribution in [0.15, 0.2) is 62.6 Å². The van der Waals surface area contributed by atoms with Crippen LogP contribution in [0.2, 0.25) is 0 Å². The number of benzene rings is 2. The molecule has 136 valence electrons. The molecule has 0 N–H and O–H groups in total. The molecule has 5 nitrogen and oxygen atoms in total. The molecule has 0 amide bonds. The second-order valence-electron chi connectivity index (χ2n) is 7.22. The van der Waals surface area contributed by atoms with Crippen LogP contribution in [0.1, 0.15) is 31.9 Å². The van der Waals surface area contributed by atoms with E-state index in [0.29, 0.717) is 0 Å². The van der Waals surface area contributed by atoms with Crippen molar-refractivity contribution < 1.29 is 17.0 Å². The Hall–Kier alpha value is -2.60. The van der Waals surface area contributed by atoms with Gasteiger partial charge in [0, 0.05) is 17.5 Å². The van der Waals surface area contributed by atoms with Gasteiger partial charge in [0.1, 0.15) is 16.2 Å². The molecule has 2 aromatic carbocycles. The normalized spacial score (nSPS) is 12.3. The van der Waals surface area contributed by atoms with Crippen LogP contribution in [0.4, 0.5) is 0 Å². The predicted octanol–water partition coefficient (Wildman–Crippen LogP) is 4.17. The van der Waals surface area contributed by atoms with Crippen molar-refractivity contribution in [2.45, 2.75) is 38.0 Å². The lowest BCUT2D eigenvalue weighted by Crippen LogP contribution is -2.13. The van der Waals surface area contributed by atoms with Gasteiger partial charge in [-0.1, -0.05) is 32.9 Å². The minimum absolute atomic E-state index is 0.0660. The highest BCUT2D eigenvalue weighted by Crippen LogP contribution is 2.27. The molecular weight excluding hydrogens is 352 g/mol. The molecule has 3 aromatic rings. The minimum Gasteiger partial charge on any atom is -0.423 e. The summed E-state index contributed by atoms with van der Waals surface area (Å²) in [6, 6.07) is 12.6. The Labute approximate surface area is 152 Å². The first-order chi connectivity index (χ1) is 12.1. The van der Waals surface area contributed by atoms with Crippen LogP contribution in [0.5, 0.6) is 5.75 Å². The Morgan fingerprint density at radius 3 is 2.23 bits per heavy atom. The maximum absolute atomic E-state index is 12.5. The summed E-state index contributed by atoms with van der Waals surface area (Å²) in [6.45, 7) is 7.95. The van der Waals surface area contributed by atoms with Gasteiger partial charge >= 0.3 is 15.7 Å². The summed E-state index contributed by atoms with van der Waals surface area (Å²) in [5, 5.41) is 0.726. The van der Waals surface area contributed by atoms with Gasteiger partial charge in [0.05, 0.1) is 0 Å². The summed E-state index contributed by atoms with van der Waals surface area (Å²) in [6.07, 6.45) is 0. The Morgan fingerprint density at radius 1 is 0.962 bits per heavy atom. The van der Waals surface area contributed by atoms with Gasteiger partial charge in [-0.25, -0.2) is 4.79 Å². The average Bonchev–Trinajstić information content (AvgIpc) is 2.53. The van der Waals surface area contributed by atoms with Crippen LogP contribution >= 0.6 is 0 Å². The van der Waals surface area contributed by atoms with Crippen molar-refractivity contribution in [2.24, 2.45) is 0 Å². The standard InChI is InChI=1S/C20H20O5S/c1-13-11-19(21)24-18-12-15(7-10-17(13)18)25-26(22,23)16-8-5-14(6-9-16)20(2,3)4/h5-12H,1-4H3. The van der Waals surface area contributed by atoms with Gasteiger partial charge in [0.2, 0.25) is 0 Å². The van der Waals surface area contributed by atoms with Crippen molar-refractivity contribution >= 4 is 21.1 Å². The zero-order valence-corrected chi connectivity index (χ0v) is 15.9. The third kappa shape index (κ3) is 3.65. The van der Waals surface area contributed by atoms with Crippen molar-refractivity contribution in [3.63, 3.8) is 0 Å². The molecule has 0 unspecified atom stereocenters. The summed E-state index contributed by atoms with van der Waals surface area (Å²) in [4.78, 5) is 11.6. The Bertz CT molecular complexity index is 1120. The molecule has 0 aliphatic carbocycles. The third-order valence-corrected chi connectivity index (χ3v) is 5.40. The number of rotatable bonds is 3. The third-order valence-electron chi connectivity index (χ3n) is 4.14. The topological polar surface area (TPSA) is 73.6 Å². The first-order valence-corrected chi connectivity index (χ1v) is 9.57. The smallest absolute Gasteiger partial charge is 0.339 e. The molecule has 6 heteroatoms. The van der Waals surface area contributed by atoms with Crippen LogP contribution < -0.4 is 9.81 Å². The SMILES string of the molecule is Cc1cc(=O)oc2cc(OS(=O)(=O)c3ccc(C(C)(C)C)cc3)ccc12. The molecule has 3 rings (SSSR count). The van der Waals surface area contributed by atoms with Crippen molar-refractivity contribution in [3.05, 3.63) is 70.1 Å². The molecular formula is C20H20O5S. The van der Waals surface area contributed by atoms with Crippen LogP contribution in [-0.4, -0.2) is 8.42 Å². The first kappa shape index (κ1) is 18.2. The highest BCUT2D eigenvalue weighted by molar-refractivity contribution is 7.87. The fourth-order valence-corrected chi connectivity index (χ4v) is 3.58. The summed E-state index contributed by atoms with van der Waals surface area (Å²) < 4.78 is 35.4. The van der Waals surface area contributed by atoms with E-state index in [1.165, 1.54) is 30.3 Å².